The van der Waals surface area contributed by atoms with Gasteiger partial charge in [-0.25, -0.2) is 9.37 Å². The molecule has 34 heavy (non-hydrogen) atoms. The van der Waals surface area contributed by atoms with Crippen LogP contribution in [0.25, 0.3) is 11.1 Å². The van der Waals surface area contributed by atoms with Crippen molar-refractivity contribution in [2.24, 2.45) is 7.05 Å². The van der Waals surface area contributed by atoms with Gasteiger partial charge in [-0.1, -0.05) is 12.1 Å². The molecule has 1 aliphatic heterocycles. The zero-order valence-corrected chi connectivity index (χ0v) is 19.4. The number of aromatic nitrogens is 2. The first kappa shape index (κ1) is 23.4. The van der Waals surface area contributed by atoms with Crippen LogP contribution in [0.2, 0.25) is 0 Å². The Morgan fingerprint density at radius 2 is 1.91 bits per heavy atom. The summed E-state index contributed by atoms with van der Waals surface area (Å²) in [6, 6.07) is 11.3. The maximum atomic E-state index is 12.8. The third-order valence-electron chi connectivity index (χ3n) is 6.19. The number of nitrogens with one attached hydrogen (secondary N) is 2. The summed E-state index contributed by atoms with van der Waals surface area (Å²) in [7, 11) is 1.71. The quantitative estimate of drug-likeness (QED) is 0.499. The Morgan fingerprint density at radius 1 is 1.12 bits per heavy atom. The standard InChI is InChI=1S/C25H29FN6O2/c1-18-21(4-3-5-22(18)28-17-33)19-14-23(25(34)30(2)16-19)29-24-7-6-20(15-27-24)32-12-10-31(9-8-26)11-13-32/h3-7,14-17H,8-13H2,1-2H3,(H,27,29)(H,28,33). The monoisotopic (exact) mass is 464 g/mol. The third kappa shape index (κ3) is 5.09. The number of benzene rings is 1. The lowest BCUT2D eigenvalue weighted by molar-refractivity contribution is -0.105. The maximum absolute atomic E-state index is 12.8. The number of amides is 1. The Labute approximate surface area is 198 Å². The fourth-order valence-electron chi connectivity index (χ4n) is 4.25. The number of piperazine rings is 1. The van der Waals surface area contributed by atoms with E-state index in [0.717, 1.165) is 54.2 Å². The molecule has 9 heteroatoms. The van der Waals surface area contributed by atoms with E-state index in [2.05, 4.69) is 25.4 Å². The molecule has 4 rings (SSSR count). The third-order valence-corrected chi connectivity index (χ3v) is 6.19. The lowest BCUT2D eigenvalue weighted by Crippen LogP contribution is -2.47. The molecule has 1 saturated heterocycles. The van der Waals surface area contributed by atoms with Crippen LogP contribution in [-0.2, 0) is 11.8 Å². The number of alkyl halides is 1. The molecule has 1 amide bonds. The van der Waals surface area contributed by atoms with E-state index in [9.17, 15) is 14.0 Å². The molecular formula is C25H29FN6O2. The summed E-state index contributed by atoms with van der Waals surface area (Å²) in [5.41, 5.74) is 4.64. The highest BCUT2D eigenvalue weighted by Gasteiger charge is 2.17. The van der Waals surface area contributed by atoms with Crippen molar-refractivity contribution >= 4 is 29.3 Å². The number of anilines is 4. The number of carbonyl (C=O) groups is 1. The van der Waals surface area contributed by atoms with Gasteiger partial charge in [0.1, 0.15) is 18.2 Å². The largest absolute Gasteiger partial charge is 0.368 e. The predicted molar refractivity (Wildman–Crippen MR) is 134 cm³/mol. The van der Waals surface area contributed by atoms with Gasteiger partial charge < -0.3 is 20.1 Å². The van der Waals surface area contributed by atoms with Crippen molar-refractivity contribution in [1.29, 1.82) is 0 Å². The molecule has 1 fully saturated rings. The van der Waals surface area contributed by atoms with Crippen LogP contribution in [0, 0.1) is 6.92 Å². The number of hydrogen-bond donors (Lipinski definition) is 2. The average Bonchev–Trinajstić information content (AvgIpc) is 2.84. The molecule has 2 aromatic heterocycles. The topological polar surface area (TPSA) is 82.5 Å². The lowest BCUT2D eigenvalue weighted by atomic mass is 10.00. The highest BCUT2D eigenvalue weighted by atomic mass is 19.1. The molecule has 1 aliphatic rings. The molecule has 0 atom stereocenters. The van der Waals surface area contributed by atoms with Gasteiger partial charge in [0, 0.05) is 57.2 Å². The van der Waals surface area contributed by atoms with E-state index in [1.807, 2.05) is 37.3 Å². The van der Waals surface area contributed by atoms with Gasteiger partial charge in [-0.05, 0) is 42.3 Å². The number of halogens is 1. The van der Waals surface area contributed by atoms with Crippen molar-refractivity contribution in [3.8, 4) is 11.1 Å². The van der Waals surface area contributed by atoms with E-state index >= 15 is 0 Å². The van der Waals surface area contributed by atoms with Gasteiger partial charge in [0.15, 0.2) is 0 Å². The van der Waals surface area contributed by atoms with Crippen LogP contribution in [0.1, 0.15) is 5.56 Å². The summed E-state index contributed by atoms with van der Waals surface area (Å²) in [6.45, 7) is 5.41. The first-order valence-corrected chi connectivity index (χ1v) is 11.3. The van der Waals surface area contributed by atoms with E-state index in [1.165, 1.54) is 4.57 Å². The van der Waals surface area contributed by atoms with Crippen molar-refractivity contribution in [2.75, 3.05) is 54.9 Å². The fourth-order valence-corrected chi connectivity index (χ4v) is 4.25. The molecular weight excluding hydrogens is 435 g/mol. The summed E-state index contributed by atoms with van der Waals surface area (Å²) in [6.07, 6.45) is 4.22. The van der Waals surface area contributed by atoms with Gasteiger partial charge >= 0.3 is 0 Å². The van der Waals surface area contributed by atoms with Crippen LogP contribution in [0.15, 0.2) is 53.6 Å². The van der Waals surface area contributed by atoms with E-state index in [-0.39, 0.29) is 12.2 Å². The molecule has 2 N–H and O–H groups in total. The number of aryl methyl sites for hydroxylation is 1. The molecule has 3 aromatic rings. The van der Waals surface area contributed by atoms with Crippen LogP contribution < -0.4 is 21.1 Å². The number of hydrogen-bond acceptors (Lipinski definition) is 6. The van der Waals surface area contributed by atoms with Crippen molar-refractivity contribution in [1.82, 2.24) is 14.5 Å². The number of rotatable bonds is 8. The van der Waals surface area contributed by atoms with Crippen LogP contribution in [-0.4, -0.2) is 60.3 Å². The zero-order chi connectivity index (χ0) is 24.1. The predicted octanol–water partition coefficient (Wildman–Crippen LogP) is 3.16. The van der Waals surface area contributed by atoms with Gasteiger partial charge in [0.05, 0.1) is 11.9 Å². The van der Waals surface area contributed by atoms with Crippen LogP contribution in [0.4, 0.5) is 27.3 Å². The minimum Gasteiger partial charge on any atom is -0.368 e. The van der Waals surface area contributed by atoms with Crippen molar-refractivity contribution in [2.45, 2.75) is 6.92 Å². The summed E-state index contributed by atoms with van der Waals surface area (Å²) >= 11 is 0. The molecule has 0 spiro atoms. The van der Waals surface area contributed by atoms with Crippen LogP contribution in [0.3, 0.4) is 0 Å². The second kappa shape index (κ2) is 10.5. The Bertz CT molecular complexity index is 1200. The van der Waals surface area contributed by atoms with Crippen molar-refractivity contribution in [3.05, 3.63) is 64.7 Å². The molecule has 0 bridgehead atoms. The van der Waals surface area contributed by atoms with Crippen LogP contribution in [0.5, 0.6) is 0 Å². The summed E-state index contributed by atoms with van der Waals surface area (Å²) in [5, 5.41) is 5.86. The highest BCUT2D eigenvalue weighted by Crippen LogP contribution is 2.29. The Kier molecular flexibility index (Phi) is 7.22. The molecule has 178 valence electrons. The number of pyridine rings is 2. The summed E-state index contributed by atoms with van der Waals surface area (Å²) < 4.78 is 14.1. The Balaban J connectivity index is 1.53. The molecule has 1 aromatic carbocycles. The Morgan fingerprint density at radius 3 is 2.59 bits per heavy atom. The highest BCUT2D eigenvalue weighted by molar-refractivity contribution is 5.81. The molecule has 0 saturated carbocycles. The second-order valence-electron chi connectivity index (χ2n) is 8.34. The van der Waals surface area contributed by atoms with Gasteiger partial charge in [-0.3, -0.25) is 14.5 Å². The smallest absolute Gasteiger partial charge is 0.274 e. The molecule has 8 nitrogen and oxygen atoms in total. The SMILES string of the molecule is Cc1c(NC=O)cccc1-c1cc(Nc2ccc(N3CCN(CCF)CC3)cn2)c(=O)n(C)c1. The van der Waals surface area contributed by atoms with E-state index < -0.39 is 0 Å². The van der Waals surface area contributed by atoms with E-state index in [0.29, 0.717) is 24.5 Å². The first-order valence-electron chi connectivity index (χ1n) is 11.3. The van der Waals surface area contributed by atoms with Gasteiger partial charge in [0.25, 0.3) is 5.56 Å². The van der Waals surface area contributed by atoms with Crippen LogP contribution >= 0.6 is 0 Å². The Hall–Kier alpha value is -3.72. The van der Waals surface area contributed by atoms with Crippen molar-refractivity contribution < 1.29 is 9.18 Å². The average molecular weight is 465 g/mol. The minimum absolute atomic E-state index is 0.168. The molecule has 0 unspecified atom stereocenters. The minimum atomic E-state index is -0.316. The lowest BCUT2D eigenvalue weighted by Gasteiger charge is -2.35. The molecule has 0 radical (unpaired) electrons. The number of carbonyl (C=O) groups excluding carboxylic acids is 1. The van der Waals surface area contributed by atoms with Gasteiger partial charge in [0.2, 0.25) is 6.41 Å². The van der Waals surface area contributed by atoms with E-state index in [1.54, 1.807) is 25.5 Å². The van der Waals surface area contributed by atoms with Gasteiger partial charge in [-0.2, -0.15) is 0 Å². The summed E-state index contributed by atoms with van der Waals surface area (Å²) in [4.78, 5) is 32.5. The fraction of sp³-hybridized carbons (Fsp3) is 0.320. The number of nitrogens with zero attached hydrogens (tertiary/aromatic N) is 4. The maximum Gasteiger partial charge on any atom is 0.274 e. The van der Waals surface area contributed by atoms with E-state index in [4.69, 9.17) is 0 Å². The summed E-state index contributed by atoms with van der Waals surface area (Å²) in [5.74, 6) is 0.571. The normalized spacial score (nSPS) is 14.1. The van der Waals surface area contributed by atoms with Gasteiger partial charge in [-0.15, -0.1) is 0 Å². The first-order chi connectivity index (χ1) is 16.5. The second-order valence-corrected chi connectivity index (χ2v) is 8.34. The molecule has 3 heterocycles. The zero-order valence-electron chi connectivity index (χ0n) is 19.4. The van der Waals surface area contributed by atoms with Crippen molar-refractivity contribution in [3.63, 3.8) is 0 Å². The molecule has 0 aliphatic carbocycles.